The molecule has 2 aliphatic heterocycles. The van der Waals surface area contributed by atoms with Crippen molar-refractivity contribution in [2.24, 2.45) is 11.8 Å². The van der Waals surface area contributed by atoms with Gasteiger partial charge >= 0.3 is 6.03 Å². The molecule has 6 nitrogen and oxygen atoms in total. The second-order valence-corrected chi connectivity index (χ2v) is 6.45. The summed E-state index contributed by atoms with van der Waals surface area (Å²) in [5, 5.41) is 2.89. The van der Waals surface area contributed by atoms with Crippen molar-refractivity contribution in [3.63, 3.8) is 0 Å². The van der Waals surface area contributed by atoms with Gasteiger partial charge in [0.1, 0.15) is 0 Å². The molecular weight excluding hydrogens is 280 g/mol. The van der Waals surface area contributed by atoms with Crippen LogP contribution in [0.1, 0.15) is 19.4 Å². The zero-order chi connectivity index (χ0) is 15.7. The van der Waals surface area contributed by atoms with E-state index in [1.54, 1.807) is 17.3 Å². The minimum atomic E-state index is -0.0575. The number of fused-ring (bicyclic) bond motifs is 1. The van der Waals surface area contributed by atoms with Gasteiger partial charge in [-0.1, -0.05) is 0 Å². The van der Waals surface area contributed by atoms with Gasteiger partial charge in [-0.3, -0.25) is 9.78 Å². The van der Waals surface area contributed by atoms with Gasteiger partial charge in [-0.2, -0.15) is 0 Å². The molecule has 2 atom stereocenters. The molecule has 6 heteroatoms. The van der Waals surface area contributed by atoms with E-state index in [1.165, 1.54) is 0 Å². The largest absolute Gasteiger partial charge is 0.338 e. The lowest BCUT2D eigenvalue weighted by Crippen LogP contribution is -2.43. The molecule has 0 saturated carbocycles. The van der Waals surface area contributed by atoms with Gasteiger partial charge in [-0.15, -0.1) is 0 Å². The Morgan fingerprint density at radius 2 is 2.05 bits per heavy atom. The third-order valence-corrected chi connectivity index (χ3v) is 4.35. The highest BCUT2D eigenvalue weighted by molar-refractivity contribution is 5.84. The van der Waals surface area contributed by atoms with Crippen molar-refractivity contribution in [1.29, 1.82) is 0 Å². The van der Waals surface area contributed by atoms with Crippen LogP contribution in [-0.2, 0) is 11.3 Å². The Kier molecular flexibility index (Phi) is 4.00. The number of aromatic nitrogens is 1. The second kappa shape index (κ2) is 5.94. The van der Waals surface area contributed by atoms with Gasteiger partial charge in [-0.25, -0.2) is 4.79 Å². The van der Waals surface area contributed by atoms with Crippen molar-refractivity contribution in [3.05, 3.63) is 30.1 Å². The third kappa shape index (κ3) is 2.91. The van der Waals surface area contributed by atoms with Gasteiger partial charge in [0.15, 0.2) is 0 Å². The first-order valence-corrected chi connectivity index (χ1v) is 7.77. The maximum absolute atomic E-state index is 12.5. The minimum absolute atomic E-state index is 0.0419. The number of hydrogen-bond acceptors (Lipinski definition) is 3. The van der Waals surface area contributed by atoms with Crippen LogP contribution in [0.25, 0.3) is 0 Å². The quantitative estimate of drug-likeness (QED) is 0.909. The number of hydrogen-bond donors (Lipinski definition) is 1. The van der Waals surface area contributed by atoms with E-state index in [1.807, 2.05) is 30.9 Å². The van der Waals surface area contributed by atoms with E-state index in [0.717, 1.165) is 12.1 Å². The normalized spacial score (nSPS) is 24.0. The summed E-state index contributed by atoms with van der Waals surface area (Å²) >= 11 is 0. The van der Waals surface area contributed by atoms with Crippen molar-refractivity contribution in [3.8, 4) is 0 Å². The van der Waals surface area contributed by atoms with Crippen molar-refractivity contribution < 1.29 is 9.59 Å². The molecule has 0 bridgehead atoms. The fraction of sp³-hybridized carbons (Fsp3) is 0.562. The van der Waals surface area contributed by atoms with E-state index in [0.29, 0.717) is 19.6 Å². The molecule has 2 aliphatic rings. The molecule has 22 heavy (non-hydrogen) atoms. The number of pyridine rings is 1. The summed E-state index contributed by atoms with van der Waals surface area (Å²) in [6.07, 6.45) is 3.49. The summed E-state index contributed by atoms with van der Waals surface area (Å²) in [6.45, 7) is 6.45. The number of nitrogens with zero attached hydrogens (tertiary/aromatic N) is 3. The van der Waals surface area contributed by atoms with Crippen molar-refractivity contribution in [1.82, 2.24) is 20.1 Å². The van der Waals surface area contributed by atoms with E-state index in [2.05, 4.69) is 10.3 Å². The number of carbonyl (C=O) groups excluding carboxylic acids is 2. The molecule has 118 valence electrons. The van der Waals surface area contributed by atoms with Crippen LogP contribution < -0.4 is 5.32 Å². The lowest BCUT2D eigenvalue weighted by atomic mass is 10.0. The Labute approximate surface area is 130 Å². The SMILES string of the molecule is CC(C)NC(=O)N1C[C@@H]2CN(Cc3ccncc3)C(=O)[C@@H]2C1. The monoisotopic (exact) mass is 302 g/mol. The fourth-order valence-corrected chi connectivity index (χ4v) is 3.30. The van der Waals surface area contributed by atoms with Crippen LogP contribution in [0, 0.1) is 11.8 Å². The number of amides is 3. The average molecular weight is 302 g/mol. The first kappa shape index (κ1) is 14.8. The first-order valence-electron chi connectivity index (χ1n) is 7.77. The molecule has 1 N–H and O–H groups in total. The average Bonchev–Trinajstić information content (AvgIpc) is 3.01. The third-order valence-electron chi connectivity index (χ3n) is 4.35. The van der Waals surface area contributed by atoms with Crippen LogP contribution >= 0.6 is 0 Å². The van der Waals surface area contributed by atoms with Crippen LogP contribution in [0.3, 0.4) is 0 Å². The highest BCUT2D eigenvalue weighted by atomic mass is 16.2. The Morgan fingerprint density at radius 1 is 1.32 bits per heavy atom. The van der Waals surface area contributed by atoms with Gasteiger partial charge in [0.05, 0.1) is 5.92 Å². The van der Waals surface area contributed by atoms with Crippen LogP contribution in [0.5, 0.6) is 0 Å². The highest BCUT2D eigenvalue weighted by Crippen LogP contribution is 2.33. The molecule has 2 fully saturated rings. The van der Waals surface area contributed by atoms with E-state index in [-0.39, 0.29) is 29.8 Å². The number of nitrogens with one attached hydrogen (secondary N) is 1. The summed E-state index contributed by atoms with van der Waals surface area (Å²) in [4.78, 5) is 32.3. The first-order chi connectivity index (χ1) is 10.5. The molecule has 0 radical (unpaired) electrons. The number of urea groups is 1. The Bertz CT molecular complexity index is 561. The Hall–Kier alpha value is -2.11. The molecule has 3 amide bonds. The Morgan fingerprint density at radius 3 is 2.68 bits per heavy atom. The molecule has 0 spiro atoms. The van der Waals surface area contributed by atoms with Crippen molar-refractivity contribution in [2.45, 2.75) is 26.4 Å². The number of carbonyl (C=O) groups is 2. The van der Waals surface area contributed by atoms with Gasteiger partial charge in [0.2, 0.25) is 5.91 Å². The van der Waals surface area contributed by atoms with Crippen molar-refractivity contribution in [2.75, 3.05) is 19.6 Å². The van der Waals surface area contributed by atoms with Gasteiger partial charge in [0.25, 0.3) is 0 Å². The number of rotatable bonds is 3. The zero-order valence-corrected chi connectivity index (χ0v) is 13.0. The molecule has 0 aromatic carbocycles. The number of likely N-dealkylation sites (tertiary alicyclic amines) is 2. The predicted molar refractivity (Wildman–Crippen MR) is 81.9 cm³/mol. The molecule has 0 aliphatic carbocycles. The molecule has 2 saturated heterocycles. The molecular formula is C16H22N4O2. The van der Waals surface area contributed by atoms with Crippen LogP contribution in [0.2, 0.25) is 0 Å². The summed E-state index contributed by atoms with van der Waals surface area (Å²) in [5.41, 5.74) is 1.10. The standard InChI is InChI=1S/C16H22N4O2/c1-11(2)18-16(22)20-9-13-8-19(15(21)14(13)10-20)7-12-3-5-17-6-4-12/h3-6,11,13-14H,7-10H2,1-2H3,(H,18,22)/t13-,14+/m0/s1. The highest BCUT2D eigenvalue weighted by Gasteiger charge is 2.47. The van der Waals surface area contributed by atoms with Gasteiger partial charge in [0, 0.05) is 50.5 Å². The topological polar surface area (TPSA) is 65.5 Å². The summed E-state index contributed by atoms with van der Waals surface area (Å²) < 4.78 is 0. The fourth-order valence-electron chi connectivity index (χ4n) is 3.30. The van der Waals surface area contributed by atoms with Crippen LogP contribution in [0.4, 0.5) is 4.79 Å². The predicted octanol–water partition coefficient (Wildman–Crippen LogP) is 1.09. The zero-order valence-electron chi connectivity index (χ0n) is 13.0. The molecule has 3 heterocycles. The maximum atomic E-state index is 12.5. The summed E-state index contributed by atoms with van der Waals surface area (Å²) in [5.74, 6) is 0.383. The lowest BCUT2D eigenvalue weighted by Gasteiger charge is -2.23. The van der Waals surface area contributed by atoms with E-state index in [4.69, 9.17) is 0 Å². The minimum Gasteiger partial charge on any atom is -0.338 e. The summed E-state index contributed by atoms with van der Waals surface area (Å²) in [6, 6.07) is 3.93. The maximum Gasteiger partial charge on any atom is 0.317 e. The second-order valence-electron chi connectivity index (χ2n) is 6.45. The van der Waals surface area contributed by atoms with Crippen molar-refractivity contribution >= 4 is 11.9 Å². The molecule has 0 unspecified atom stereocenters. The molecule has 1 aromatic heterocycles. The van der Waals surface area contributed by atoms with E-state index in [9.17, 15) is 9.59 Å². The van der Waals surface area contributed by atoms with E-state index >= 15 is 0 Å². The smallest absolute Gasteiger partial charge is 0.317 e. The summed E-state index contributed by atoms with van der Waals surface area (Å²) in [7, 11) is 0. The Balaban J connectivity index is 1.59. The molecule has 1 aromatic rings. The van der Waals surface area contributed by atoms with Crippen LogP contribution in [0.15, 0.2) is 24.5 Å². The molecule has 3 rings (SSSR count). The van der Waals surface area contributed by atoms with E-state index < -0.39 is 0 Å². The van der Waals surface area contributed by atoms with Gasteiger partial charge in [-0.05, 0) is 31.5 Å². The van der Waals surface area contributed by atoms with Gasteiger partial charge < -0.3 is 15.1 Å². The lowest BCUT2D eigenvalue weighted by molar-refractivity contribution is -0.131. The van der Waals surface area contributed by atoms with Crippen LogP contribution in [-0.4, -0.2) is 52.4 Å².